The molecule has 156 valence electrons. The molecule has 0 N–H and O–H groups in total. The summed E-state index contributed by atoms with van der Waals surface area (Å²) >= 11 is 6.11. The summed E-state index contributed by atoms with van der Waals surface area (Å²) in [6, 6.07) is 17.4. The lowest BCUT2D eigenvalue weighted by Gasteiger charge is -2.59. The molecule has 2 saturated heterocycles. The minimum absolute atomic E-state index is 0.0894. The second kappa shape index (κ2) is 7.78. The predicted octanol–water partition coefficient (Wildman–Crippen LogP) is 4.14. The molecule has 1 aromatic heterocycles. The number of piperidine rings is 1. The van der Waals surface area contributed by atoms with Crippen LogP contribution in [-0.2, 0) is 4.79 Å². The molecule has 3 aromatic rings. The number of carbonyl (C=O) groups excluding carboxylic acids is 2. The normalized spacial score (nSPS) is 19.9. The molecule has 2 aromatic carbocycles. The molecule has 31 heavy (non-hydrogen) atoms. The van der Waals surface area contributed by atoms with Crippen molar-refractivity contribution < 1.29 is 9.59 Å². The number of hydrogen-bond acceptors (Lipinski definition) is 4. The number of hydrogen-bond donors (Lipinski definition) is 0. The van der Waals surface area contributed by atoms with Gasteiger partial charge < -0.3 is 9.80 Å². The maximum Gasteiger partial charge on any atom is 0.274 e. The molecule has 2 fully saturated rings. The third kappa shape index (κ3) is 3.27. The molecule has 2 aliphatic rings. The standard InChI is InChI=1S/C24H21ClN4O2/c25-18-8-6-17(7-9-18)21-24(23(31)29(21)19-4-2-1-3-5-19)10-14-28(15-11-24)22(30)20-16-26-12-13-27-20/h1-9,12-13,16,21H,10-11,14-15H2. The maximum atomic E-state index is 13.5. The van der Waals surface area contributed by atoms with Crippen LogP contribution < -0.4 is 4.90 Å². The molecular weight excluding hydrogens is 412 g/mol. The van der Waals surface area contributed by atoms with Crippen molar-refractivity contribution in [3.8, 4) is 0 Å². The Balaban J connectivity index is 1.43. The minimum atomic E-state index is -0.525. The van der Waals surface area contributed by atoms with Gasteiger partial charge in [-0.05, 0) is 42.7 Å². The molecule has 1 atom stereocenters. The second-order valence-corrected chi connectivity index (χ2v) is 8.44. The fourth-order valence-electron chi connectivity index (χ4n) is 4.79. The molecule has 3 heterocycles. The van der Waals surface area contributed by atoms with E-state index in [-0.39, 0.29) is 17.9 Å². The van der Waals surface area contributed by atoms with E-state index in [1.54, 1.807) is 11.1 Å². The van der Waals surface area contributed by atoms with E-state index in [1.807, 2.05) is 59.5 Å². The Morgan fingerprint density at radius 3 is 2.35 bits per heavy atom. The van der Waals surface area contributed by atoms with E-state index in [2.05, 4.69) is 9.97 Å². The van der Waals surface area contributed by atoms with Crippen molar-refractivity contribution in [3.63, 3.8) is 0 Å². The number of rotatable bonds is 3. The van der Waals surface area contributed by atoms with Gasteiger partial charge in [-0.1, -0.05) is 41.9 Å². The lowest BCUT2D eigenvalue weighted by molar-refractivity contribution is -0.144. The Hall–Kier alpha value is -3.25. The monoisotopic (exact) mass is 432 g/mol. The third-order valence-electron chi connectivity index (χ3n) is 6.37. The number of nitrogens with zero attached hydrogens (tertiary/aromatic N) is 4. The van der Waals surface area contributed by atoms with Crippen molar-refractivity contribution in [1.82, 2.24) is 14.9 Å². The molecule has 7 heteroatoms. The number of para-hydroxylation sites is 1. The van der Waals surface area contributed by atoms with E-state index in [0.717, 1.165) is 11.3 Å². The Morgan fingerprint density at radius 2 is 1.71 bits per heavy atom. The summed E-state index contributed by atoms with van der Waals surface area (Å²) in [5, 5.41) is 0.666. The Labute approximate surface area is 185 Å². The average Bonchev–Trinajstić information content (AvgIpc) is 2.83. The summed E-state index contributed by atoms with van der Waals surface area (Å²) in [6.45, 7) is 1.02. The topological polar surface area (TPSA) is 66.4 Å². The highest BCUT2D eigenvalue weighted by Gasteiger charge is 2.62. The van der Waals surface area contributed by atoms with Crippen LogP contribution in [0, 0.1) is 5.41 Å². The van der Waals surface area contributed by atoms with E-state index in [4.69, 9.17) is 11.6 Å². The smallest absolute Gasteiger partial charge is 0.274 e. The van der Waals surface area contributed by atoms with Crippen LogP contribution in [0.15, 0.2) is 73.2 Å². The van der Waals surface area contributed by atoms with Gasteiger partial charge in [0.15, 0.2) is 0 Å². The first-order valence-electron chi connectivity index (χ1n) is 10.3. The average molecular weight is 433 g/mol. The van der Waals surface area contributed by atoms with Gasteiger partial charge in [-0.25, -0.2) is 4.98 Å². The molecule has 0 bridgehead atoms. The van der Waals surface area contributed by atoms with Crippen LogP contribution >= 0.6 is 11.6 Å². The Bertz CT molecular complexity index is 1100. The zero-order valence-corrected chi connectivity index (χ0v) is 17.6. The van der Waals surface area contributed by atoms with Crippen molar-refractivity contribution in [3.05, 3.63) is 89.5 Å². The van der Waals surface area contributed by atoms with Crippen LogP contribution in [-0.4, -0.2) is 39.8 Å². The highest BCUT2D eigenvalue weighted by atomic mass is 35.5. The Morgan fingerprint density at radius 1 is 1.00 bits per heavy atom. The Kier molecular flexibility index (Phi) is 4.94. The first kappa shape index (κ1) is 19.7. The molecule has 2 amide bonds. The van der Waals surface area contributed by atoms with Crippen molar-refractivity contribution in [2.75, 3.05) is 18.0 Å². The summed E-state index contributed by atoms with van der Waals surface area (Å²) in [5.74, 6) is -0.0251. The molecule has 0 aliphatic carbocycles. The summed E-state index contributed by atoms with van der Waals surface area (Å²) in [6.07, 6.45) is 5.75. The number of likely N-dealkylation sites (tertiary alicyclic amines) is 1. The van der Waals surface area contributed by atoms with Crippen LogP contribution in [0.4, 0.5) is 5.69 Å². The van der Waals surface area contributed by atoms with Gasteiger partial charge in [0, 0.05) is 36.2 Å². The van der Waals surface area contributed by atoms with Crippen LogP contribution in [0.3, 0.4) is 0 Å². The first-order chi connectivity index (χ1) is 15.1. The minimum Gasteiger partial charge on any atom is -0.337 e. The highest BCUT2D eigenvalue weighted by Crippen LogP contribution is 2.57. The molecule has 6 nitrogen and oxygen atoms in total. The third-order valence-corrected chi connectivity index (χ3v) is 6.62. The van der Waals surface area contributed by atoms with Crippen molar-refractivity contribution >= 4 is 29.1 Å². The van der Waals surface area contributed by atoms with Crippen molar-refractivity contribution in [2.45, 2.75) is 18.9 Å². The van der Waals surface area contributed by atoms with E-state index in [0.29, 0.717) is 36.6 Å². The number of carbonyl (C=O) groups is 2. The fourth-order valence-corrected chi connectivity index (χ4v) is 4.92. The van der Waals surface area contributed by atoms with Gasteiger partial charge in [-0.2, -0.15) is 0 Å². The number of halogens is 1. The zero-order valence-electron chi connectivity index (χ0n) is 16.8. The molecule has 2 aliphatic heterocycles. The zero-order chi connectivity index (χ0) is 21.4. The van der Waals surface area contributed by atoms with Gasteiger partial charge in [0.25, 0.3) is 5.91 Å². The van der Waals surface area contributed by atoms with Gasteiger partial charge in [-0.3, -0.25) is 14.6 Å². The molecule has 5 rings (SSSR count). The van der Waals surface area contributed by atoms with Crippen molar-refractivity contribution in [1.29, 1.82) is 0 Å². The van der Waals surface area contributed by atoms with Crippen LogP contribution in [0.1, 0.15) is 34.9 Å². The lowest BCUT2D eigenvalue weighted by atomic mass is 9.62. The first-order valence-corrected chi connectivity index (χ1v) is 10.7. The van der Waals surface area contributed by atoms with Crippen LogP contribution in [0.25, 0.3) is 0 Å². The van der Waals surface area contributed by atoms with Gasteiger partial charge in [0.05, 0.1) is 17.7 Å². The van der Waals surface area contributed by atoms with Crippen molar-refractivity contribution in [2.24, 2.45) is 5.41 Å². The highest BCUT2D eigenvalue weighted by molar-refractivity contribution is 6.30. The molecular formula is C24H21ClN4O2. The number of aromatic nitrogens is 2. The molecule has 1 spiro atoms. The molecule has 1 unspecified atom stereocenters. The summed E-state index contributed by atoms with van der Waals surface area (Å²) in [4.78, 5) is 38.1. The largest absolute Gasteiger partial charge is 0.337 e. The van der Waals surface area contributed by atoms with Gasteiger partial charge in [0.1, 0.15) is 5.69 Å². The fraction of sp³-hybridized carbons (Fsp3) is 0.250. The predicted molar refractivity (Wildman–Crippen MR) is 118 cm³/mol. The number of β-lactam (4-membered cyclic amide) rings is 1. The number of amides is 2. The maximum absolute atomic E-state index is 13.5. The molecule has 0 saturated carbocycles. The summed E-state index contributed by atoms with van der Waals surface area (Å²) in [5.41, 5.74) is 1.75. The molecule has 0 radical (unpaired) electrons. The lowest BCUT2D eigenvalue weighted by Crippen LogP contribution is -2.67. The van der Waals surface area contributed by atoms with Gasteiger partial charge >= 0.3 is 0 Å². The second-order valence-electron chi connectivity index (χ2n) is 8.00. The SMILES string of the molecule is O=C(c1cnccn1)N1CCC2(CC1)C(=O)N(c1ccccc1)C2c1ccc(Cl)cc1. The van der Waals surface area contributed by atoms with E-state index < -0.39 is 5.41 Å². The number of anilines is 1. The number of benzene rings is 2. The summed E-state index contributed by atoms with van der Waals surface area (Å²) < 4.78 is 0. The van der Waals surface area contributed by atoms with Gasteiger partial charge in [0.2, 0.25) is 5.91 Å². The van der Waals surface area contributed by atoms with Gasteiger partial charge in [-0.15, -0.1) is 0 Å². The van der Waals surface area contributed by atoms with Crippen LogP contribution in [0.2, 0.25) is 5.02 Å². The summed E-state index contributed by atoms with van der Waals surface area (Å²) in [7, 11) is 0. The van der Waals surface area contributed by atoms with Crippen LogP contribution in [0.5, 0.6) is 0 Å². The van der Waals surface area contributed by atoms with E-state index in [9.17, 15) is 9.59 Å². The van der Waals surface area contributed by atoms with E-state index in [1.165, 1.54) is 12.4 Å². The van der Waals surface area contributed by atoms with E-state index >= 15 is 0 Å². The quantitative estimate of drug-likeness (QED) is 0.583.